The quantitative estimate of drug-likeness (QED) is 0.208. The molecule has 4 aromatic carbocycles. The van der Waals surface area contributed by atoms with Crippen LogP contribution in [0, 0.1) is 0 Å². The molecule has 2 heterocycles. The number of aromatic nitrogens is 4. The van der Waals surface area contributed by atoms with Crippen molar-refractivity contribution in [3.05, 3.63) is 161 Å². The Morgan fingerprint density at radius 3 is 1.83 bits per heavy atom. The summed E-state index contributed by atoms with van der Waals surface area (Å²) >= 11 is 0. The third kappa shape index (κ3) is 4.04. The molecule has 0 N–H and O–H groups in total. The molecule has 0 bridgehead atoms. The van der Waals surface area contributed by atoms with Crippen molar-refractivity contribution < 1.29 is 0 Å². The van der Waals surface area contributed by atoms with Gasteiger partial charge in [0.05, 0.1) is 0 Å². The van der Waals surface area contributed by atoms with Gasteiger partial charge in [0.25, 0.3) is 0 Å². The Morgan fingerprint density at radius 2 is 1.15 bits per heavy atom. The Hall–Kier alpha value is -5.87. The van der Waals surface area contributed by atoms with Crippen LogP contribution in [0.25, 0.3) is 68.7 Å². The molecule has 0 fully saturated rings. The lowest BCUT2D eigenvalue weighted by molar-refractivity contribution is 0.689. The Kier molecular flexibility index (Phi) is 5.81. The van der Waals surface area contributed by atoms with Crippen molar-refractivity contribution in [3.63, 3.8) is 0 Å². The zero-order valence-electron chi connectivity index (χ0n) is 25.6. The van der Waals surface area contributed by atoms with Crippen LogP contribution in [0.15, 0.2) is 139 Å². The van der Waals surface area contributed by atoms with Crippen LogP contribution >= 0.6 is 0 Å². The van der Waals surface area contributed by atoms with Crippen LogP contribution in [-0.4, -0.2) is 19.5 Å². The summed E-state index contributed by atoms with van der Waals surface area (Å²) in [7, 11) is 0. The molecule has 218 valence electrons. The molecule has 46 heavy (non-hydrogen) atoms. The average molecular weight is 591 g/mol. The number of pyridine rings is 1. The number of para-hydroxylation sites is 1. The van der Waals surface area contributed by atoms with E-state index >= 15 is 0 Å². The summed E-state index contributed by atoms with van der Waals surface area (Å²) in [4.78, 5) is 15.4. The van der Waals surface area contributed by atoms with Crippen molar-refractivity contribution in [1.82, 2.24) is 19.5 Å². The van der Waals surface area contributed by atoms with Crippen LogP contribution in [-0.2, 0) is 5.41 Å². The van der Waals surface area contributed by atoms with Crippen molar-refractivity contribution in [2.45, 2.75) is 19.3 Å². The summed E-state index contributed by atoms with van der Waals surface area (Å²) in [6.45, 7) is 4.73. The SMILES string of the molecule is CC1(C)C2=c3ccccc3=CC2=Cc2c(-c3nc(-c4ccccc4)nc(-c4ccccc4)n3)c3ccn(-c4ccccc4)cc-3c21. The molecule has 0 saturated heterocycles. The van der Waals surface area contributed by atoms with Crippen LogP contribution in [0.2, 0.25) is 0 Å². The molecule has 4 nitrogen and oxygen atoms in total. The molecule has 0 saturated carbocycles. The lowest BCUT2D eigenvalue weighted by atomic mass is 9.69. The molecular formula is C42H30N4. The second kappa shape index (κ2) is 10.1. The summed E-state index contributed by atoms with van der Waals surface area (Å²) in [5.41, 5.74) is 11.3. The number of benzene rings is 4. The summed E-state index contributed by atoms with van der Waals surface area (Å²) in [6.07, 6.45) is 9.14. The molecule has 3 aliphatic carbocycles. The molecule has 0 spiro atoms. The maximum absolute atomic E-state index is 5.21. The predicted molar refractivity (Wildman–Crippen MR) is 187 cm³/mol. The minimum absolute atomic E-state index is 0.271. The lowest BCUT2D eigenvalue weighted by Crippen LogP contribution is -2.31. The van der Waals surface area contributed by atoms with Gasteiger partial charge < -0.3 is 4.57 Å². The second-order valence-corrected chi connectivity index (χ2v) is 12.5. The maximum atomic E-state index is 5.21. The minimum atomic E-state index is -0.271. The van der Waals surface area contributed by atoms with Crippen molar-refractivity contribution in [1.29, 1.82) is 0 Å². The summed E-state index contributed by atoms with van der Waals surface area (Å²) in [5.74, 6) is 2.01. The first-order valence-electron chi connectivity index (χ1n) is 15.7. The van der Waals surface area contributed by atoms with Gasteiger partial charge in [0.2, 0.25) is 0 Å². The summed E-state index contributed by atoms with van der Waals surface area (Å²) in [6, 6.07) is 41.9. The van der Waals surface area contributed by atoms with Gasteiger partial charge in [0.15, 0.2) is 17.5 Å². The van der Waals surface area contributed by atoms with Gasteiger partial charge in [0, 0.05) is 45.7 Å². The maximum Gasteiger partial charge on any atom is 0.165 e. The molecule has 0 radical (unpaired) electrons. The highest BCUT2D eigenvalue weighted by Gasteiger charge is 2.41. The molecule has 0 amide bonds. The number of hydrogen-bond acceptors (Lipinski definition) is 3. The highest BCUT2D eigenvalue weighted by molar-refractivity contribution is 6.06. The van der Waals surface area contributed by atoms with E-state index in [-0.39, 0.29) is 5.41 Å². The van der Waals surface area contributed by atoms with Gasteiger partial charge in [-0.15, -0.1) is 0 Å². The highest BCUT2D eigenvalue weighted by Crippen LogP contribution is 2.55. The minimum Gasteiger partial charge on any atom is -0.323 e. The van der Waals surface area contributed by atoms with E-state index in [1.54, 1.807) is 0 Å². The molecular weight excluding hydrogens is 560 g/mol. The average Bonchev–Trinajstić information content (AvgIpc) is 3.65. The van der Waals surface area contributed by atoms with Gasteiger partial charge in [0.1, 0.15) is 0 Å². The van der Waals surface area contributed by atoms with Gasteiger partial charge >= 0.3 is 0 Å². The topological polar surface area (TPSA) is 43.6 Å². The standard InChI is InChI=1S/C42H30N4/c1-42(2)37-30(24-29-18-12-13-21-32(29)37)25-34-36(33-22-23-46(26-35(33)38(34)42)31-19-10-5-11-20-31)41-44-39(27-14-6-3-7-15-27)43-40(45-41)28-16-8-4-9-17-28/h3-26H,1-2H3. The van der Waals surface area contributed by atoms with E-state index < -0.39 is 0 Å². The third-order valence-corrected chi connectivity index (χ3v) is 9.39. The molecule has 0 atom stereocenters. The van der Waals surface area contributed by atoms with E-state index in [4.69, 9.17) is 15.0 Å². The number of allylic oxidation sites excluding steroid dienone is 1. The Bertz CT molecular complexity index is 2360. The Morgan fingerprint density at radius 1 is 0.565 bits per heavy atom. The highest BCUT2D eigenvalue weighted by atomic mass is 15.0. The van der Waals surface area contributed by atoms with E-state index in [2.05, 4.69) is 128 Å². The fraction of sp³-hybridized carbons (Fsp3) is 0.0714. The molecule has 5 aromatic rings. The third-order valence-electron chi connectivity index (χ3n) is 9.39. The number of hydrogen-bond donors (Lipinski definition) is 0. The zero-order valence-corrected chi connectivity index (χ0v) is 25.6. The second-order valence-electron chi connectivity index (χ2n) is 12.5. The molecule has 9 rings (SSSR count). The largest absolute Gasteiger partial charge is 0.323 e. The Balaban J connectivity index is 1.38. The summed E-state index contributed by atoms with van der Waals surface area (Å²) in [5, 5.41) is 2.58. The molecule has 0 unspecified atom stereocenters. The molecule has 4 aliphatic rings. The number of nitrogens with zero attached hydrogens (tertiary/aromatic N) is 4. The first kappa shape index (κ1) is 26.5. The summed E-state index contributed by atoms with van der Waals surface area (Å²) < 4.78 is 2.22. The molecule has 4 heteroatoms. The van der Waals surface area contributed by atoms with Gasteiger partial charge in [-0.05, 0) is 68.6 Å². The fourth-order valence-corrected chi connectivity index (χ4v) is 7.41. The van der Waals surface area contributed by atoms with E-state index in [1.807, 2.05) is 36.4 Å². The monoisotopic (exact) mass is 590 g/mol. The van der Waals surface area contributed by atoms with E-state index in [1.165, 1.54) is 38.3 Å². The van der Waals surface area contributed by atoms with Crippen molar-refractivity contribution in [2.75, 3.05) is 0 Å². The molecule has 1 aromatic heterocycles. The van der Waals surface area contributed by atoms with Crippen LogP contribution in [0.5, 0.6) is 0 Å². The van der Waals surface area contributed by atoms with Gasteiger partial charge in [-0.2, -0.15) is 0 Å². The fourth-order valence-electron chi connectivity index (χ4n) is 7.41. The number of fused-ring (bicyclic) bond motifs is 5. The van der Waals surface area contributed by atoms with Crippen molar-refractivity contribution in [3.8, 4) is 51.0 Å². The van der Waals surface area contributed by atoms with E-state index in [0.717, 1.165) is 27.9 Å². The molecule has 1 aliphatic heterocycles. The van der Waals surface area contributed by atoms with E-state index in [9.17, 15) is 0 Å². The van der Waals surface area contributed by atoms with Gasteiger partial charge in [-0.3, -0.25) is 0 Å². The number of rotatable bonds is 4. The predicted octanol–water partition coefficient (Wildman–Crippen LogP) is 8.09. The zero-order chi connectivity index (χ0) is 30.8. The van der Waals surface area contributed by atoms with Gasteiger partial charge in [-0.1, -0.05) is 117 Å². The normalized spacial score (nSPS) is 14.3. The van der Waals surface area contributed by atoms with Crippen LogP contribution in [0.1, 0.15) is 25.0 Å². The lowest BCUT2D eigenvalue weighted by Gasteiger charge is -2.33. The van der Waals surface area contributed by atoms with Crippen LogP contribution in [0.4, 0.5) is 0 Å². The Labute approximate surface area is 267 Å². The first-order valence-corrected chi connectivity index (χ1v) is 15.7. The first-order chi connectivity index (χ1) is 22.6. The smallest absolute Gasteiger partial charge is 0.165 e. The van der Waals surface area contributed by atoms with Gasteiger partial charge in [-0.25, -0.2) is 15.0 Å². The van der Waals surface area contributed by atoms with Crippen LogP contribution < -0.4 is 10.4 Å². The van der Waals surface area contributed by atoms with Crippen molar-refractivity contribution in [2.24, 2.45) is 0 Å². The van der Waals surface area contributed by atoms with Crippen molar-refractivity contribution >= 4 is 17.7 Å². The van der Waals surface area contributed by atoms with Crippen LogP contribution in [0.3, 0.4) is 0 Å². The van der Waals surface area contributed by atoms with E-state index in [0.29, 0.717) is 17.5 Å².